The van der Waals surface area contributed by atoms with E-state index in [2.05, 4.69) is 0 Å². The van der Waals surface area contributed by atoms with Gasteiger partial charge in [-0.1, -0.05) is 102 Å². The number of aliphatic hydroxyl groups is 1. The van der Waals surface area contributed by atoms with E-state index < -0.39 is 52.6 Å². The number of aliphatic carboxylic acids is 3. The van der Waals surface area contributed by atoms with E-state index in [-0.39, 0.29) is 35.5 Å². The molecule has 218 valence electrons. The summed E-state index contributed by atoms with van der Waals surface area (Å²) in [6.07, 6.45) is 1.73. The topological polar surface area (TPSA) is 132 Å². The number of hydrogen-bond donors (Lipinski definition) is 4. The molecule has 0 fully saturated rings. The molecule has 0 heterocycles. The van der Waals surface area contributed by atoms with Gasteiger partial charge in [0.15, 0.2) is 5.60 Å². The van der Waals surface area contributed by atoms with Crippen molar-refractivity contribution in [2.75, 3.05) is 0 Å². The molecule has 4 N–H and O–H groups in total. The first-order valence-electron chi connectivity index (χ1n) is 14.3. The van der Waals surface area contributed by atoms with Crippen LogP contribution in [0.3, 0.4) is 0 Å². The van der Waals surface area contributed by atoms with Gasteiger partial charge in [0.2, 0.25) is 0 Å². The lowest BCUT2D eigenvalue weighted by Gasteiger charge is -2.56. The van der Waals surface area contributed by atoms with Crippen molar-refractivity contribution in [2.24, 2.45) is 64.6 Å². The maximum Gasteiger partial charge on any atom is 0.337 e. The van der Waals surface area contributed by atoms with Crippen molar-refractivity contribution in [2.45, 2.75) is 108 Å². The van der Waals surface area contributed by atoms with Gasteiger partial charge in [-0.25, -0.2) is 4.79 Å². The van der Waals surface area contributed by atoms with Crippen molar-refractivity contribution in [1.29, 1.82) is 0 Å². The normalized spacial score (nSPS) is 21.4. The molecule has 0 radical (unpaired) electrons. The number of carboxylic acid groups (broad SMARTS) is 3. The third kappa shape index (κ3) is 6.34. The molecule has 8 atom stereocenters. The van der Waals surface area contributed by atoms with Gasteiger partial charge >= 0.3 is 17.9 Å². The average molecular weight is 529 g/mol. The quantitative estimate of drug-likeness (QED) is 0.169. The molecule has 0 aromatic heterocycles. The number of rotatable bonds is 17. The van der Waals surface area contributed by atoms with Crippen LogP contribution >= 0.6 is 0 Å². The summed E-state index contributed by atoms with van der Waals surface area (Å²) in [4.78, 5) is 39.9. The van der Waals surface area contributed by atoms with E-state index in [0.717, 1.165) is 0 Å². The zero-order valence-electron chi connectivity index (χ0n) is 25.4. The standard InChI is InChI=1S/C30H56O7/c1-13-22(16(4)5)19(10)25(26(31)32)30(37,28(35)36)29(27(33)34,20(11)23(14-2)17(6)7)21(12)24(15-3)18(8)9/h16-25,37H,13-15H2,1-12H3,(H,31,32)(H,33,34)(H,35,36). The highest BCUT2D eigenvalue weighted by molar-refractivity contribution is 5.94. The second-order valence-corrected chi connectivity index (χ2v) is 12.4. The minimum atomic E-state index is -3.05. The Hall–Kier alpha value is -1.63. The summed E-state index contributed by atoms with van der Waals surface area (Å²) in [7, 11) is 0. The van der Waals surface area contributed by atoms with Crippen LogP contribution < -0.4 is 0 Å². The summed E-state index contributed by atoms with van der Waals surface area (Å²) in [6, 6.07) is 0. The fourth-order valence-electron chi connectivity index (χ4n) is 8.19. The summed E-state index contributed by atoms with van der Waals surface area (Å²) >= 11 is 0. The molecule has 7 heteroatoms. The van der Waals surface area contributed by atoms with E-state index >= 15 is 0 Å². The minimum absolute atomic E-state index is 0.00264. The number of carbonyl (C=O) groups is 3. The molecule has 7 nitrogen and oxygen atoms in total. The first-order valence-corrected chi connectivity index (χ1v) is 14.3. The molecule has 0 aromatic carbocycles. The van der Waals surface area contributed by atoms with Gasteiger partial charge in [-0.3, -0.25) is 9.59 Å². The van der Waals surface area contributed by atoms with Gasteiger partial charge in [0.05, 0.1) is 0 Å². The summed E-state index contributed by atoms with van der Waals surface area (Å²) in [6.45, 7) is 22.6. The number of carboxylic acids is 3. The first kappa shape index (κ1) is 35.4. The zero-order valence-corrected chi connectivity index (χ0v) is 25.4. The maximum absolute atomic E-state index is 13.6. The highest BCUT2D eigenvalue weighted by Gasteiger charge is 2.73. The van der Waals surface area contributed by atoms with Crippen LogP contribution in [0.1, 0.15) is 102 Å². The Morgan fingerprint density at radius 3 is 1.11 bits per heavy atom. The van der Waals surface area contributed by atoms with Crippen molar-refractivity contribution < 1.29 is 34.8 Å². The Kier molecular flexibility index (Phi) is 13.3. The summed E-state index contributed by atoms with van der Waals surface area (Å²) in [5, 5.41) is 45.0. The Morgan fingerprint density at radius 2 is 0.919 bits per heavy atom. The largest absolute Gasteiger partial charge is 0.481 e. The van der Waals surface area contributed by atoms with Gasteiger partial charge in [-0.05, 0) is 53.3 Å². The SMILES string of the molecule is CCC(C(C)C)C(C)C(C(=O)O)C(O)(C(=O)O)C(C(=O)O)(C(C)C(CC)C(C)C)C(C)C(CC)C(C)C. The molecular formula is C30H56O7. The lowest BCUT2D eigenvalue weighted by atomic mass is 9.46. The molecule has 0 amide bonds. The van der Waals surface area contributed by atoms with Crippen LogP contribution in [0.15, 0.2) is 0 Å². The van der Waals surface area contributed by atoms with Crippen LogP contribution in [0, 0.1) is 64.6 Å². The highest BCUT2D eigenvalue weighted by Crippen LogP contribution is 2.58. The third-order valence-corrected chi connectivity index (χ3v) is 9.93. The molecule has 0 rings (SSSR count). The average Bonchev–Trinajstić information content (AvgIpc) is 2.74. The lowest BCUT2D eigenvalue weighted by molar-refractivity contribution is -0.235. The molecule has 0 aliphatic carbocycles. The predicted molar refractivity (Wildman–Crippen MR) is 147 cm³/mol. The van der Waals surface area contributed by atoms with Crippen molar-refractivity contribution >= 4 is 17.9 Å². The molecule has 8 unspecified atom stereocenters. The minimum Gasteiger partial charge on any atom is -0.481 e. The lowest BCUT2D eigenvalue weighted by Crippen LogP contribution is -2.71. The van der Waals surface area contributed by atoms with Crippen molar-refractivity contribution in [3.63, 3.8) is 0 Å². The van der Waals surface area contributed by atoms with Crippen LogP contribution in [-0.4, -0.2) is 43.9 Å². The first-order chi connectivity index (χ1) is 16.9. The maximum atomic E-state index is 13.6. The van der Waals surface area contributed by atoms with Crippen LogP contribution in [-0.2, 0) is 14.4 Å². The molecule has 37 heavy (non-hydrogen) atoms. The third-order valence-electron chi connectivity index (χ3n) is 9.93. The molecule has 0 spiro atoms. The fraction of sp³-hybridized carbons (Fsp3) is 0.900. The second-order valence-electron chi connectivity index (χ2n) is 12.4. The van der Waals surface area contributed by atoms with E-state index in [9.17, 15) is 34.8 Å². The van der Waals surface area contributed by atoms with Gasteiger partial charge in [-0.15, -0.1) is 0 Å². The van der Waals surface area contributed by atoms with Gasteiger partial charge in [0, 0.05) is 0 Å². The van der Waals surface area contributed by atoms with Crippen LogP contribution in [0.5, 0.6) is 0 Å². The van der Waals surface area contributed by atoms with Crippen LogP contribution in [0.25, 0.3) is 0 Å². The predicted octanol–water partition coefficient (Wildman–Crippen LogP) is 6.53. The van der Waals surface area contributed by atoms with Crippen LogP contribution in [0.4, 0.5) is 0 Å². The van der Waals surface area contributed by atoms with Gasteiger partial charge in [0.1, 0.15) is 11.3 Å². The Bertz CT molecular complexity index is 737. The second kappa shape index (κ2) is 14.0. The summed E-state index contributed by atoms with van der Waals surface area (Å²) in [5.74, 6) is -9.59. The van der Waals surface area contributed by atoms with E-state index in [4.69, 9.17) is 0 Å². The summed E-state index contributed by atoms with van der Waals surface area (Å²) < 4.78 is 0. The Morgan fingerprint density at radius 1 is 0.595 bits per heavy atom. The number of hydrogen-bond acceptors (Lipinski definition) is 4. The molecule has 0 aliphatic rings. The van der Waals surface area contributed by atoms with Crippen LogP contribution in [0.2, 0.25) is 0 Å². The van der Waals surface area contributed by atoms with E-state index in [1.165, 1.54) is 0 Å². The van der Waals surface area contributed by atoms with Crippen molar-refractivity contribution in [3.8, 4) is 0 Å². The van der Waals surface area contributed by atoms with Crippen molar-refractivity contribution in [3.05, 3.63) is 0 Å². The van der Waals surface area contributed by atoms with E-state index in [1.54, 1.807) is 20.8 Å². The molecule has 0 aliphatic heterocycles. The van der Waals surface area contributed by atoms with Gasteiger partial charge < -0.3 is 20.4 Å². The van der Waals surface area contributed by atoms with E-state index in [1.807, 2.05) is 62.3 Å². The molecule has 0 aromatic rings. The highest BCUT2D eigenvalue weighted by atomic mass is 16.4. The van der Waals surface area contributed by atoms with Crippen molar-refractivity contribution in [1.82, 2.24) is 0 Å². The molecule has 0 saturated carbocycles. The Balaban J connectivity index is 8.03. The van der Waals surface area contributed by atoms with Gasteiger partial charge in [0.25, 0.3) is 0 Å². The van der Waals surface area contributed by atoms with Gasteiger partial charge in [-0.2, -0.15) is 0 Å². The monoisotopic (exact) mass is 528 g/mol. The Labute approximate surface area is 225 Å². The zero-order chi connectivity index (χ0) is 29.6. The summed E-state index contributed by atoms with van der Waals surface area (Å²) in [5.41, 5.74) is -5.29. The molecule has 0 bridgehead atoms. The fourth-order valence-corrected chi connectivity index (χ4v) is 8.19. The molecular weight excluding hydrogens is 472 g/mol. The van der Waals surface area contributed by atoms with E-state index in [0.29, 0.717) is 19.3 Å². The smallest absolute Gasteiger partial charge is 0.337 e. The molecule has 0 saturated heterocycles.